The molecule has 1 aromatic heterocycles. The van der Waals surface area contributed by atoms with Crippen molar-refractivity contribution in [3.63, 3.8) is 0 Å². The van der Waals surface area contributed by atoms with E-state index in [1.165, 1.54) is 40.4 Å². The van der Waals surface area contributed by atoms with Gasteiger partial charge in [0.05, 0.1) is 5.69 Å². The molecule has 2 heteroatoms. The summed E-state index contributed by atoms with van der Waals surface area (Å²) < 4.78 is 0. The van der Waals surface area contributed by atoms with Crippen LogP contribution in [0.1, 0.15) is 56.7 Å². The topological polar surface area (TPSA) is 28.7 Å². The van der Waals surface area contributed by atoms with Crippen LogP contribution in [0.15, 0.2) is 42.5 Å². The highest BCUT2D eigenvalue weighted by Crippen LogP contribution is 2.45. The Morgan fingerprint density at radius 2 is 1.83 bits per heavy atom. The molecule has 118 valence electrons. The second-order valence-electron chi connectivity index (χ2n) is 7.26. The molecule has 2 aromatic carbocycles. The van der Waals surface area contributed by atoms with Crippen molar-refractivity contribution in [2.45, 2.75) is 45.4 Å². The van der Waals surface area contributed by atoms with E-state index in [1.54, 1.807) is 0 Å². The van der Waals surface area contributed by atoms with E-state index in [2.05, 4.69) is 68.3 Å². The molecule has 23 heavy (non-hydrogen) atoms. The molecule has 3 aromatic rings. The molecule has 0 radical (unpaired) electrons. The number of aromatic amines is 1. The van der Waals surface area contributed by atoms with Crippen molar-refractivity contribution >= 4 is 10.8 Å². The number of aromatic nitrogens is 2. The fourth-order valence-electron chi connectivity index (χ4n) is 4.17. The summed E-state index contributed by atoms with van der Waals surface area (Å²) in [7, 11) is 0. The highest BCUT2D eigenvalue weighted by Gasteiger charge is 2.32. The summed E-state index contributed by atoms with van der Waals surface area (Å²) in [4.78, 5) is 0. The number of hydrogen-bond acceptors (Lipinski definition) is 1. The standard InChI is InChI=1S/C21H24N2/c1-13(2)16-12-11-14(3)19-20(16)22-23-21(19)18-10-6-8-15-7-4-5-9-17(15)18/h4-10,13-14,16H,11-12H2,1-3H3,(H,22,23)/t14-,16-/m1/s1. The van der Waals surface area contributed by atoms with Gasteiger partial charge in [0.1, 0.15) is 0 Å². The molecule has 2 nitrogen and oxygen atoms in total. The number of benzene rings is 2. The van der Waals surface area contributed by atoms with E-state index >= 15 is 0 Å². The van der Waals surface area contributed by atoms with Crippen LogP contribution >= 0.6 is 0 Å². The van der Waals surface area contributed by atoms with Gasteiger partial charge in [-0.05, 0) is 35.4 Å². The SMILES string of the molecule is CC(C)[C@H]1CC[C@@H](C)c2c(-c3cccc4ccccc34)n[nH]c21. The Morgan fingerprint density at radius 1 is 1.04 bits per heavy atom. The first kappa shape index (κ1) is 14.5. The second-order valence-corrected chi connectivity index (χ2v) is 7.26. The van der Waals surface area contributed by atoms with Crippen LogP contribution in [-0.4, -0.2) is 10.2 Å². The molecule has 0 fully saturated rings. The molecular weight excluding hydrogens is 280 g/mol. The fourth-order valence-corrected chi connectivity index (χ4v) is 4.17. The van der Waals surface area contributed by atoms with Gasteiger partial charge < -0.3 is 0 Å². The largest absolute Gasteiger partial charge is 0.281 e. The van der Waals surface area contributed by atoms with Crippen LogP contribution in [0.4, 0.5) is 0 Å². The number of nitrogens with one attached hydrogen (secondary N) is 1. The monoisotopic (exact) mass is 304 g/mol. The Bertz CT molecular complexity index is 839. The third kappa shape index (κ3) is 2.28. The van der Waals surface area contributed by atoms with Gasteiger partial charge >= 0.3 is 0 Å². The quantitative estimate of drug-likeness (QED) is 0.630. The number of rotatable bonds is 2. The van der Waals surface area contributed by atoms with Crippen LogP contribution in [0.2, 0.25) is 0 Å². The van der Waals surface area contributed by atoms with Crippen molar-refractivity contribution in [1.29, 1.82) is 0 Å². The first-order valence-electron chi connectivity index (χ1n) is 8.73. The third-order valence-corrected chi connectivity index (χ3v) is 5.46. The summed E-state index contributed by atoms with van der Waals surface area (Å²) in [5, 5.41) is 10.8. The molecule has 1 N–H and O–H groups in total. The van der Waals surface area contributed by atoms with Crippen LogP contribution in [0, 0.1) is 5.92 Å². The Hall–Kier alpha value is -2.09. The van der Waals surface area contributed by atoms with Crippen LogP contribution in [-0.2, 0) is 0 Å². The Morgan fingerprint density at radius 3 is 2.65 bits per heavy atom. The van der Waals surface area contributed by atoms with E-state index in [9.17, 15) is 0 Å². The summed E-state index contributed by atoms with van der Waals surface area (Å²) >= 11 is 0. The van der Waals surface area contributed by atoms with Gasteiger partial charge in [0.15, 0.2) is 0 Å². The molecule has 0 saturated carbocycles. The smallest absolute Gasteiger partial charge is 0.0964 e. The third-order valence-electron chi connectivity index (χ3n) is 5.46. The summed E-state index contributed by atoms with van der Waals surface area (Å²) in [6.45, 7) is 6.99. The van der Waals surface area contributed by atoms with Crippen LogP contribution in [0.25, 0.3) is 22.0 Å². The van der Waals surface area contributed by atoms with Gasteiger partial charge in [-0.15, -0.1) is 0 Å². The van der Waals surface area contributed by atoms with Crippen molar-refractivity contribution in [1.82, 2.24) is 10.2 Å². The maximum Gasteiger partial charge on any atom is 0.0964 e. The van der Waals surface area contributed by atoms with E-state index < -0.39 is 0 Å². The van der Waals surface area contributed by atoms with Crippen molar-refractivity contribution in [3.05, 3.63) is 53.7 Å². The average Bonchev–Trinajstić information content (AvgIpc) is 3.00. The minimum atomic E-state index is 0.577. The summed E-state index contributed by atoms with van der Waals surface area (Å²) in [6, 6.07) is 15.1. The fraction of sp³-hybridized carbons (Fsp3) is 0.381. The number of fused-ring (bicyclic) bond motifs is 2. The molecular formula is C21H24N2. The average molecular weight is 304 g/mol. The van der Waals surface area contributed by atoms with Crippen LogP contribution in [0.5, 0.6) is 0 Å². The van der Waals surface area contributed by atoms with E-state index in [1.807, 2.05) is 0 Å². The predicted octanol–water partition coefficient (Wildman–Crippen LogP) is 5.87. The molecule has 1 aliphatic carbocycles. The molecule has 0 unspecified atom stereocenters. The second kappa shape index (κ2) is 5.52. The Labute approximate surface area is 137 Å². The molecule has 0 saturated heterocycles. The lowest BCUT2D eigenvalue weighted by Crippen LogP contribution is -2.16. The van der Waals surface area contributed by atoms with E-state index in [-0.39, 0.29) is 0 Å². The minimum absolute atomic E-state index is 0.577. The summed E-state index contributed by atoms with van der Waals surface area (Å²) in [5.74, 6) is 1.84. The number of H-pyrrole nitrogens is 1. The number of nitrogens with zero attached hydrogens (tertiary/aromatic N) is 1. The zero-order valence-corrected chi connectivity index (χ0v) is 14.1. The highest BCUT2D eigenvalue weighted by molar-refractivity contribution is 5.96. The van der Waals surface area contributed by atoms with Crippen LogP contribution in [0.3, 0.4) is 0 Å². The van der Waals surface area contributed by atoms with Gasteiger partial charge in [-0.25, -0.2) is 0 Å². The molecule has 0 spiro atoms. The van der Waals surface area contributed by atoms with Gasteiger partial charge in [0.25, 0.3) is 0 Å². The van der Waals surface area contributed by atoms with Crippen LogP contribution < -0.4 is 0 Å². The Balaban J connectivity index is 1.94. The van der Waals surface area contributed by atoms with Gasteiger partial charge in [0, 0.05) is 22.7 Å². The molecule has 4 rings (SSSR count). The van der Waals surface area contributed by atoms with E-state index in [0.717, 1.165) is 5.69 Å². The molecule has 1 aliphatic rings. The first-order valence-corrected chi connectivity index (χ1v) is 8.73. The van der Waals surface area contributed by atoms with Crippen molar-refractivity contribution in [2.24, 2.45) is 5.92 Å². The lowest BCUT2D eigenvalue weighted by atomic mass is 9.75. The lowest BCUT2D eigenvalue weighted by molar-refractivity contribution is 0.403. The maximum absolute atomic E-state index is 4.78. The molecule has 2 atom stereocenters. The van der Waals surface area contributed by atoms with Gasteiger partial charge in [-0.1, -0.05) is 63.2 Å². The van der Waals surface area contributed by atoms with E-state index in [0.29, 0.717) is 17.8 Å². The zero-order chi connectivity index (χ0) is 16.0. The van der Waals surface area contributed by atoms with Gasteiger partial charge in [-0.2, -0.15) is 5.10 Å². The maximum atomic E-state index is 4.78. The molecule has 0 bridgehead atoms. The molecule has 0 aliphatic heterocycles. The normalized spacial score (nSPS) is 20.9. The summed E-state index contributed by atoms with van der Waals surface area (Å²) in [5.41, 5.74) is 5.25. The van der Waals surface area contributed by atoms with Crippen molar-refractivity contribution in [3.8, 4) is 11.3 Å². The highest BCUT2D eigenvalue weighted by atomic mass is 15.1. The van der Waals surface area contributed by atoms with Crippen molar-refractivity contribution < 1.29 is 0 Å². The Kier molecular flexibility index (Phi) is 3.48. The zero-order valence-electron chi connectivity index (χ0n) is 14.1. The first-order chi connectivity index (χ1) is 11.2. The lowest BCUT2D eigenvalue weighted by Gasteiger charge is -2.29. The van der Waals surface area contributed by atoms with Gasteiger partial charge in [-0.3, -0.25) is 5.10 Å². The molecule has 0 amide bonds. The van der Waals surface area contributed by atoms with E-state index in [4.69, 9.17) is 5.10 Å². The predicted molar refractivity (Wildman–Crippen MR) is 96.8 cm³/mol. The van der Waals surface area contributed by atoms with Crippen molar-refractivity contribution in [2.75, 3.05) is 0 Å². The molecule has 1 heterocycles. The van der Waals surface area contributed by atoms with Gasteiger partial charge in [0.2, 0.25) is 0 Å². The summed E-state index contributed by atoms with van der Waals surface area (Å²) in [6.07, 6.45) is 2.52. The number of hydrogen-bond donors (Lipinski definition) is 1. The minimum Gasteiger partial charge on any atom is -0.281 e.